The molecular formula is C22H23ClN2O3. The molecule has 0 bridgehead atoms. The number of fused-ring (bicyclic) bond motifs is 3. The molecule has 3 atom stereocenters. The van der Waals surface area contributed by atoms with Crippen molar-refractivity contribution in [3.8, 4) is 5.75 Å². The molecule has 1 heterocycles. The number of para-hydroxylation sites is 1. The largest absolute Gasteiger partial charge is 0.491 e. The Hall–Kier alpha value is -2.53. The van der Waals surface area contributed by atoms with Crippen LogP contribution in [-0.2, 0) is 0 Å². The van der Waals surface area contributed by atoms with Crippen LogP contribution in [0.2, 0.25) is 5.02 Å². The van der Waals surface area contributed by atoms with Gasteiger partial charge in [0.2, 0.25) is 0 Å². The van der Waals surface area contributed by atoms with E-state index in [-0.39, 0.29) is 28.5 Å². The molecule has 146 valence electrons. The second-order valence-corrected chi connectivity index (χ2v) is 7.77. The molecule has 4 rings (SSSR count). The normalized spacial score (nSPS) is 22.3. The summed E-state index contributed by atoms with van der Waals surface area (Å²) < 4.78 is 6.04. The van der Waals surface area contributed by atoms with Crippen molar-refractivity contribution in [3.05, 3.63) is 74.8 Å². The van der Waals surface area contributed by atoms with Crippen LogP contribution in [0.15, 0.2) is 48.6 Å². The first-order valence-electron chi connectivity index (χ1n) is 9.73. The molecule has 0 fully saturated rings. The fraction of sp³-hybridized carbons (Fsp3) is 0.364. The Balaban J connectivity index is 1.75. The number of anilines is 1. The summed E-state index contributed by atoms with van der Waals surface area (Å²) in [4.78, 5) is 10.9. The van der Waals surface area contributed by atoms with Crippen molar-refractivity contribution < 1.29 is 9.66 Å². The van der Waals surface area contributed by atoms with Crippen molar-refractivity contribution in [2.75, 3.05) is 11.9 Å². The van der Waals surface area contributed by atoms with Crippen molar-refractivity contribution in [2.24, 2.45) is 5.92 Å². The van der Waals surface area contributed by atoms with Crippen LogP contribution in [0.25, 0.3) is 0 Å². The van der Waals surface area contributed by atoms with E-state index in [1.54, 1.807) is 12.1 Å². The molecule has 5 nitrogen and oxygen atoms in total. The lowest BCUT2D eigenvalue weighted by molar-refractivity contribution is -0.384. The van der Waals surface area contributed by atoms with E-state index < -0.39 is 0 Å². The standard InChI is InChI=1S/C22H23ClN2O3/c1-2-3-12-28-20-9-5-8-17-15-6-4-7-16(15)21(24-22(17)20)18-13-14(25(26)27)10-11-19(18)23/h4-6,8-11,13,15-16,21,24H,2-3,7,12H2,1H3. The summed E-state index contributed by atoms with van der Waals surface area (Å²) in [6, 6.07) is 10.7. The van der Waals surface area contributed by atoms with Crippen LogP contribution in [0.4, 0.5) is 11.4 Å². The highest BCUT2D eigenvalue weighted by Crippen LogP contribution is 2.53. The average Bonchev–Trinajstić information content (AvgIpc) is 3.18. The topological polar surface area (TPSA) is 64.4 Å². The van der Waals surface area contributed by atoms with E-state index in [2.05, 4.69) is 30.5 Å². The molecular weight excluding hydrogens is 376 g/mol. The third-order valence-corrected chi connectivity index (χ3v) is 5.98. The number of nitrogens with zero attached hydrogens (tertiary/aromatic N) is 1. The zero-order valence-electron chi connectivity index (χ0n) is 15.7. The van der Waals surface area contributed by atoms with Gasteiger partial charge in [-0.3, -0.25) is 10.1 Å². The number of rotatable bonds is 6. The summed E-state index contributed by atoms with van der Waals surface area (Å²) in [6.07, 6.45) is 7.40. The van der Waals surface area contributed by atoms with Gasteiger partial charge < -0.3 is 10.1 Å². The smallest absolute Gasteiger partial charge is 0.269 e. The Bertz CT molecular complexity index is 928. The third-order valence-electron chi connectivity index (χ3n) is 5.64. The number of nitro groups is 1. The first-order valence-corrected chi connectivity index (χ1v) is 10.1. The quantitative estimate of drug-likeness (QED) is 0.270. The van der Waals surface area contributed by atoms with Crippen molar-refractivity contribution in [3.63, 3.8) is 0 Å². The number of non-ortho nitro benzene ring substituents is 1. The summed E-state index contributed by atoms with van der Waals surface area (Å²) in [5, 5.41) is 15.4. The van der Waals surface area contributed by atoms with Crippen LogP contribution >= 0.6 is 11.6 Å². The molecule has 1 N–H and O–H groups in total. The van der Waals surface area contributed by atoms with Gasteiger partial charge in [-0.2, -0.15) is 0 Å². The highest BCUT2D eigenvalue weighted by atomic mass is 35.5. The summed E-state index contributed by atoms with van der Waals surface area (Å²) in [5.74, 6) is 1.33. The van der Waals surface area contributed by atoms with Crippen molar-refractivity contribution in [1.29, 1.82) is 0 Å². The zero-order valence-corrected chi connectivity index (χ0v) is 16.5. The van der Waals surface area contributed by atoms with Crippen LogP contribution < -0.4 is 10.1 Å². The monoisotopic (exact) mass is 398 g/mol. The van der Waals surface area contributed by atoms with E-state index in [0.717, 1.165) is 36.3 Å². The molecule has 1 aliphatic carbocycles. The first-order chi connectivity index (χ1) is 13.6. The number of benzene rings is 2. The number of nitrogens with one attached hydrogen (secondary N) is 1. The predicted octanol–water partition coefficient (Wildman–Crippen LogP) is 6.25. The Kier molecular flexibility index (Phi) is 5.27. The lowest BCUT2D eigenvalue weighted by Gasteiger charge is -2.38. The number of hydrogen-bond donors (Lipinski definition) is 1. The molecule has 2 aromatic rings. The number of allylic oxidation sites excluding steroid dienone is 2. The van der Waals surface area contributed by atoms with Gasteiger partial charge >= 0.3 is 0 Å². The molecule has 0 spiro atoms. The maximum absolute atomic E-state index is 11.3. The van der Waals surface area contributed by atoms with E-state index in [9.17, 15) is 10.1 Å². The second kappa shape index (κ2) is 7.84. The summed E-state index contributed by atoms with van der Waals surface area (Å²) >= 11 is 6.48. The van der Waals surface area contributed by atoms with Gasteiger partial charge in [-0.15, -0.1) is 0 Å². The first kappa shape index (κ1) is 18.8. The van der Waals surface area contributed by atoms with Crippen molar-refractivity contribution >= 4 is 23.0 Å². The van der Waals surface area contributed by atoms with Gasteiger partial charge in [0.15, 0.2) is 0 Å². The number of halogens is 1. The fourth-order valence-electron chi connectivity index (χ4n) is 4.23. The molecule has 6 heteroatoms. The average molecular weight is 399 g/mol. The van der Waals surface area contributed by atoms with E-state index in [1.165, 1.54) is 11.6 Å². The van der Waals surface area contributed by atoms with Gasteiger partial charge in [-0.05, 0) is 36.5 Å². The Morgan fingerprint density at radius 3 is 2.93 bits per heavy atom. The number of hydrogen-bond acceptors (Lipinski definition) is 4. The number of nitro benzene ring substituents is 1. The molecule has 0 radical (unpaired) electrons. The minimum Gasteiger partial charge on any atom is -0.491 e. The maximum Gasteiger partial charge on any atom is 0.269 e. The van der Waals surface area contributed by atoms with Gasteiger partial charge in [-0.1, -0.05) is 49.2 Å². The van der Waals surface area contributed by atoms with Gasteiger partial charge in [-0.25, -0.2) is 0 Å². The molecule has 3 unspecified atom stereocenters. The van der Waals surface area contributed by atoms with Gasteiger partial charge in [0.1, 0.15) is 5.75 Å². The molecule has 2 aliphatic rings. The molecule has 0 aromatic heterocycles. The van der Waals surface area contributed by atoms with Crippen LogP contribution in [0.3, 0.4) is 0 Å². The Labute approximate surface area is 169 Å². The van der Waals surface area contributed by atoms with Crippen LogP contribution in [0.1, 0.15) is 49.3 Å². The highest BCUT2D eigenvalue weighted by Gasteiger charge is 2.40. The fourth-order valence-corrected chi connectivity index (χ4v) is 4.47. The van der Waals surface area contributed by atoms with E-state index >= 15 is 0 Å². The molecule has 0 saturated heterocycles. The maximum atomic E-state index is 11.3. The number of unbranched alkanes of at least 4 members (excludes halogenated alkanes) is 1. The van der Waals surface area contributed by atoms with E-state index in [4.69, 9.17) is 16.3 Å². The van der Waals surface area contributed by atoms with Crippen molar-refractivity contribution in [1.82, 2.24) is 0 Å². The van der Waals surface area contributed by atoms with Gasteiger partial charge in [0.05, 0.1) is 23.3 Å². The predicted molar refractivity (Wildman–Crippen MR) is 111 cm³/mol. The van der Waals surface area contributed by atoms with Crippen LogP contribution in [-0.4, -0.2) is 11.5 Å². The SMILES string of the molecule is CCCCOc1cccc2c1NC(c1cc([N+](=O)[O-])ccc1Cl)C1CC=CC21. The number of ether oxygens (including phenoxy) is 1. The molecule has 2 aromatic carbocycles. The van der Waals surface area contributed by atoms with Gasteiger partial charge in [0.25, 0.3) is 5.69 Å². The summed E-state index contributed by atoms with van der Waals surface area (Å²) in [5.41, 5.74) is 3.01. The van der Waals surface area contributed by atoms with Crippen molar-refractivity contribution in [2.45, 2.75) is 38.1 Å². The van der Waals surface area contributed by atoms with E-state index in [1.807, 2.05) is 12.1 Å². The summed E-state index contributed by atoms with van der Waals surface area (Å²) in [6.45, 7) is 2.80. The molecule has 0 amide bonds. The summed E-state index contributed by atoms with van der Waals surface area (Å²) in [7, 11) is 0. The second-order valence-electron chi connectivity index (χ2n) is 7.36. The Morgan fingerprint density at radius 1 is 1.29 bits per heavy atom. The van der Waals surface area contributed by atoms with Gasteiger partial charge in [0, 0.05) is 28.6 Å². The van der Waals surface area contributed by atoms with Crippen LogP contribution in [0, 0.1) is 16.0 Å². The third kappa shape index (κ3) is 3.35. The van der Waals surface area contributed by atoms with E-state index in [0.29, 0.717) is 11.6 Å². The Morgan fingerprint density at radius 2 is 2.14 bits per heavy atom. The van der Waals surface area contributed by atoms with Crippen LogP contribution in [0.5, 0.6) is 5.75 Å². The zero-order chi connectivity index (χ0) is 19.7. The lowest BCUT2D eigenvalue weighted by atomic mass is 9.77. The minimum atomic E-state index is -0.375. The lowest BCUT2D eigenvalue weighted by Crippen LogP contribution is -2.29. The highest BCUT2D eigenvalue weighted by molar-refractivity contribution is 6.31. The minimum absolute atomic E-state index is 0.0574. The molecule has 28 heavy (non-hydrogen) atoms. The molecule has 1 aliphatic heterocycles. The molecule has 0 saturated carbocycles.